The zero-order valence-corrected chi connectivity index (χ0v) is 13.0. The van der Waals surface area contributed by atoms with E-state index < -0.39 is 0 Å². The van der Waals surface area contributed by atoms with Crippen LogP contribution in [-0.2, 0) is 0 Å². The van der Waals surface area contributed by atoms with Crippen molar-refractivity contribution in [1.29, 1.82) is 0 Å². The van der Waals surface area contributed by atoms with Gasteiger partial charge in [0.05, 0.1) is 19.9 Å². The van der Waals surface area contributed by atoms with E-state index in [0.717, 1.165) is 0 Å². The van der Waals surface area contributed by atoms with Gasteiger partial charge in [0.15, 0.2) is 0 Å². The van der Waals surface area contributed by atoms with Crippen LogP contribution in [0.25, 0.3) is 0 Å². The summed E-state index contributed by atoms with van der Waals surface area (Å²) in [6.07, 6.45) is 2.91. The summed E-state index contributed by atoms with van der Waals surface area (Å²) >= 11 is 0. The van der Waals surface area contributed by atoms with Crippen LogP contribution in [0.2, 0.25) is 0 Å². The Labute approximate surface area is 134 Å². The highest BCUT2D eigenvalue weighted by molar-refractivity contribution is 5.93. The van der Waals surface area contributed by atoms with E-state index in [4.69, 9.17) is 9.47 Å². The third kappa shape index (κ3) is 4.19. The number of ether oxygens (including phenoxy) is 2. The van der Waals surface area contributed by atoms with Gasteiger partial charge in [-0.2, -0.15) is 0 Å². The fourth-order valence-electron chi connectivity index (χ4n) is 1.85. The van der Waals surface area contributed by atoms with E-state index in [1.807, 2.05) is 0 Å². The van der Waals surface area contributed by atoms with E-state index in [1.54, 1.807) is 44.6 Å². The first-order valence-electron chi connectivity index (χ1n) is 6.88. The summed E-state index contributed by atoms with van der Waals surface area (Å²) < 4.78 is 10.5. The maximum Gasteiger partial charge on any atom is 0.270 e. The van der Waals surface area contributed by atoms with Gasteiger partial charge in [0.25, 0.3) is 5.91 Å². The fraction of sp³-hybridized carbons (Fsp3) is 0.188. The number of benzene rings is 1. The molecule has 0 spiro atoms. The molecule has 0 radical (unpaired) electrons. The number of nitrogens with one attached hydrogen (secondary N) is 2. The molecule has 0 bridgehead atoms. The topological polar surface area (TPSA) is 85.4 Å². The number of rotatable bonds is 7. The molecule has 120 valence electrons. The number of amides is 1. The molecule has 0 aliphatic rings. The second-order valence-electron chi connectivity index (χ2n) is 4.48. The molecule has 0 aliphatic heterocycles. The number of anilines is 2. The molecule has 0 saturated carbocycles. The van der Waals surface area contributed by atoms with Crippen molar-refractivity contribution in [2.24, 2.45) is 0 Å². The Hall–Kier alpha value is -3.09. The highest BCUT2D eigenvalue weighted by atomic mass is 16.5. The Balaban J connectivity index is 2.23. The maximum absolute atomic E-state index is 11.9. The molecule has 2 rings (SSSR count). The summed E-state index contributed by atoms with van der Waals surface area (Å²) in [4.78, 5) is 20.0. The monoisotopic (exact) mass is 314 g/mol. The molecule has 1 aromatic heterocycles. The largest absolute Gasteiger partial charge is 0.497 e. The van der Waals surface area contributed by atoms with Crippen LogP contribution in [0.5, 0.6) is 11.5 Å². The van der Waals surface area contributed by atoms with Crippen LogP contribution >= 0.6 is 0 Å². The molecule has 1 amide bonds. The minimum Gasteiger partial charge on any atom is -0.497 e. The molecule has 0 atom stereocenters. The lowest BCUT2D eigenvalue weighted by Gasteiger charge is -2.12. The molecule has 23 heavy (non-hydrogen) atoms. The van der Waals surface area contributed by atoms with E-state index in [1.165, 1.54) is 6.33 Å². The van der Waals surface area contributed by atoms with Crippen molar-refractivity contribution in [3.8, 4) is 11.5 Å². The predicted molar refractivity (Wildman–Crippen MR) is 87.4 cm³/mol. The van der Waals surface area contributed by atoms with Crippen molar-refractivity contribution in [3.05, 3.63) is 48.9 Å². The Bertz CT molecular complexity index is 703. The average Bonchev–Trinajstić information content (AvgIpc) is 2.59. The maximum atomic E-state index is 11.9. The van der Waals surface area contributed by atoms with Crippen molar-refractivity contribution in [2.45, 2.75) is 0 Å². The van der Waals surface area contributed by atoms with Crippen LogP contribution in [0.3, 0.4) is 0 Å². The van der Waals surface area contributed by atoms with Crippen LogP contribution in [0.1, 0.15) is 10.5 Å². The minimum absolute atomic E-state index is 0.256. The predicted octanol–water partition coefficient (Wildman–Crippen LogP) is 2.15. The van der Waals surface area contributed by atoms with Gasteiger partial charge in [-0.05, 0) is 12.1 Å². The molecular weight excluding hydrogens is 296 g/mol. The van der Waals surface area contributed by atoms with E-state index >= 15 is 0 Å². The molecule has 0 unspecified atom stereocenters. The molecule has 0 saturated heterocycles. The van der Waals surface area contributed by atoms with Crippen molar-refractivity contribution in [3.63, 3.8) is 0 Å². The normalized spacial score (nSPS) is 9.83. The Morgan fingerprint density at radius 2 is 2.09 bits per heavy atom. The van der Waals surface area contributed by atoms with Gasteiger partial charge >= 0.3 is 0 Å². The lowest BCUT2D eigenvalue weighted by molar-refractivity contribution is 0.0953. The van der Waals surface area contributed by atoms with E-state index in [-0.39, 0.29) is 11.6 Å². The summed E-state index contributed by atoms with van der Waals surface area (Å²) in [5.74, 6) is 1.47. The lowest BCUT2D eigenvalue weighted by atomic mass is 10.2. The summed E-state index contributed by atoms with van der Waals surface area (Å²) in [6.45, 7) is 3.92. The summed E-state index contributed by atoms with van der Waals surface area (Å²) in [5, 5.41) is 5.75. The van der Waals surface area contributed by atoms with E-state index in [0.29, 0.717) is 29.5 Å². The Morgan fingerprint density at radius 1 is 1.26 bits per heavy atom. The van der Waals surface area contributed by atoms with E-state index in [2.05, 4.69) is 27.2 Å². The van der Waals surface area contributed by atoms with Crippen molar-refractivity contribution in [1.82, 2.24) is 15.3 Å². The van der Waals surface area contributed by atoms with Crippen LogP contribution in [-0.4, -0.2) is 36.6 Å². The van der Waals surface area contributed by atoms with Gasteiger partial charge in [-0.15, -0.1) is 6.58 Å². The van der Waals surface area contributed by atoms with Gasteiger partial charge in [0, 0.05) is 18.7 Å². The number of methoxy groups -OCH3 is 2. The summed E-state index contributed by atoms with van der Waals surface area (Å²) in [5.41, 5.74) is 0.925. The van der Waals surface area contributed by atoms with Crippen LogP contribution in [0.15, 0.2) is 43.2 Å². The molecule has 7 nitrogen and oxygen atoms in total. The van der Waals surface area contributed by atoms with Crippen molar-refractivity contribution in [2.75, 3.05) is 26.1 Å². The third-order valence-corrected chi connectivity index (χ3v) is 2.98. The zero-order chi connectivity index (χ0) is 16.7. The molecule has 7 heteroatoms. The number of nitrogens with zero attached hydrogens (tertiary/aromatic N) is 2. The van der Waals surface area contributed by atoms with Gasteiger partial charge in [-0.3, -0.25) is 4.79 Å². The first-order chi connectivity index (χ1) is 11.2. The summed E-state index contributed by atoms with van der Waals surface area (Å²) in [7, 11) is 3.15. The molecule has 0 fully saturated rings. The van der Waals surface area contributed by atoms with Gasteiger partial charge < -0.3 is 20.1 Å². The number of hydrogen-bond acceptors (Lipinski definition) is 6. The standard InChI is InChI=1S/C16H18N4O3/c1-4-7-17-16(21)13-9-15(19-10-18-13)20-12-8-11(22-2)5-6-14(12)23-3/h4-6,8-10H,1,7H2,2-3H3,(H,17,21)(H,18,19,20). The van der Waals surface area contributed by atoms with Crippen LogP contribution < -0.4 is 20.1 Å². The quantitative estimate of drug-likeness (QED) is 0.762. The fourth-order valence-corrected chi connectivity index (χ4v) is 1.85. The lowest BCUT2D eigenvalue weighted by Crippen LogP contribution is -2.24. The first kappa shape index (κ1) is 16.3. The van der Waals surface area contributed by atoms with Gasteiger partial charge in [-0.25, -0.2) is 9.97 Å². The Morgan fingerprint density at radius 3 is 2.78 bits per heavy atom. The highest BCUT2D eigenvalue weighted by Crippen LogP contribution is 2.30. The number of hydrogen-bond donors (Lipinski definition) is 2. The number of carbonyl (C=O) groups excluding carboxylic acids is 1. The second-order valence-corrected chi connectivity index (χ2v) is 4.48. The molecule has 1 aromatic carbocycles. The van der Waals surface area contributed by atoms with Crippen molar-refractivity contribution >= 4 is 17.4 Å². The molecule has 2 aromatic rings. The van der Waals surface area contributed by atoms with E-state index in [9.17, 15) is 4.79 Å². The second kappa shape index (κ2) is 7.79. The number of carbonyl (C=O) groups is 1. The summed E-state index contributed by atoms with van der Waals surface area (Å²) in [6, 6.07) is 6.90. The third-order valence-electron chi connectivity index (χ3n) is 2.98. The van der Waals surface area contributed by atoms with Gasteiger partial charge in [-0.1, -0.05) is 6.08 Å². The minimum atomic E-state index is -0.298. The Kier molecular flexibility index (Phi) is 5.51. The van der Waals surface area contributed by atoms with Crippen molar-refractivity contribution < 1.29 is 14.3 Å². The first-order valence-corrected chi connectivity index (χ1v) is 6.88. The molecular formula is C16H18N4O3. The molecule has 2 N–H and O–H groups in total. The smallest absolute Gasteiger partial charge is 0.270 e. The SMILES string of the molecule is C=CCNC(=O)c1cc(Nc2cc(OC)ccc2OC)ncn1. The highest BCUT2D eigenvalue weighted by Gasteiger charge is 2.10. The van der Waals surface area contributed by atoms with Gasteiger partial charge in [0.2, 0.25) is 0 Å². The average molecular weight is 314 g/mol. The zero-order valence-electron chi connectivity index (χ0n) is 13.0. The van der Waals surface area contributed by atoms with Gasteiger partial charge in [0.1, 0.15) is 29.3 Å². The molecule has 1 heterocycles. The van der Waals surface area contributed by atoms with Crippen LogP contribution in [0, 0.1) is 0 Å². The molecule has 0 aliphatic carbocycles. The number of aromatic nitrogens is 2. The van der Waals surface area contributed by atoms with Crippen LogP contribution in [0.4, 0.5) is 11.5 Å².